The predicted molar refractivity (Wildman–Crippen MR) is 84.3 cm³/mol. The highest BCUT2D eigenvalue weighted by Crippen LogP contribution is 2.18. The van der Waals surface area contributed by atoms with Gasteiger partial charge in [0.2, 0.25) is 5.91 Å². The molecule has 0 radical (unpaired) electrons. The average molecular weight is 325 g/mol. The second-order valence-electron chi connectivity index (χ2n) is 4.95. The molecule has 0 aromatic heterocycles. The number of urea groups is 1. The molecule has 5 nitrogen and oxygen atoms in total. The number of hydrogen-bond donors (Lipinski definition) is 1. The van der Waals surface area contributed by atoms with E-state index in [4.69, 9.17) is 0 Å². The van der Waals surface area contributed by atoms with Crippen LogP contribution in [-0.4, -0.2) is 60.2 Å². The summed E-state index contributed by atoms with van der Waals surface area (Å²) in [7, 11) is 0. The summed E-state index contributed by atoms with van der Waals surface area (Å²) < 4.78 is 12.8. The van der Waals surface area contributed by atoms with Gasteiger partial charge >= 0.3 is 6.03 Å². The Labute approximate surface area is 133 Å². The monoisotopic (exact) mass is 325 g/mol. The lowest BCUT2D eigenvalue weighted by atomic mass is 10.3. The molecule has 1 heterocycles. The van der Waals surface area contributed by atoms with Gasteiger partial charge in [-0.05, 0) is 31.2 Å². The Morgan fingerprint density at radius 3 is 2.32 bits per heavy atom. The maximum absolute atomic E-state index is 12.8. The first kappa shape index (κ1) is 16.6. The van der Waals surface area contributed by atoms with Crippen molar-refractivity contribution in [3.8, 4) is 0 Å². The third kappa shape index (κ3) is 4.62. The van der Waals surface area contributed by atoms with E-state index in [2.05, 4.69) is 5.32 Å². The van der Waals surface area contributed by atoms with Gasteiger partial charge < -0.3 is 15.1 Å². The molecule has 0 bridgehead atoms. The van der Waals surface area contributed by atoms with Gasteiger partial charge in [-0.1, -0.05) is 0 Å². The highest BCUT2D eigenvalue weighted by atomic mass is 32.2. The maximum atomic E-state index is 12.8. The molecule has 2 rings (SSSR count). The molecule has 1 saturated heterocycles. The normalized spacial score (nSPS) is 14.8. The van der Waals surface area contributed by atoms with Gasteiger partial charge in [-0.2, -0.15) is 0 Å². The minimum Gasteiger partial charge on any atom is -0.338 e. The van der Waals surface area contributed by atoms with E-state index in [1.165, 1.54) is 23.9 Å². The molecule has 1 aromatic rings. The zero-order chi connectivity index (χ0) is 15.9. The fourth-order valence-corrected chi connectivity index (χ4v) is 2.99. The van der Waals surface area contributed by atoms with E-state index in [-0.39, 0.29) is 17.8 Å². The van der Waals surface area contributed by atoms with Gasteiger partial charge in [0.15, 0.2) is 0 Å². The summed E-state index contributed by atoms with van der Waals surface area (Å²) >= 11 is 1.40. The number of halogens is 1. The van der Waals surface area contributed by atoms with Crippen LogP contribution in [-0.2, 0) is 4.79 Å². The lowest BCUT2D eigenvalue weighted by Crippen LogP contribution is -2.53. The second-order valence-corrected chi connectivity index (χ2v) is 5.99. The summed E-state index contributed by atoms with van der Waals surface area (Å²) in [6.45, 7) is 4.70. The molecule has 0 atom stereocenters. The SMILES string of the molecule is CCNC(=O)N1CCN(C(=O)CSc2ccc(F)cc2)CC1. The third-order valence-corrected chi connectivity index (χ3v) is 4.42. The number of amides is 3. The van der Waals surface area contributed by atoms with Gasteiger partial charge in [-0.25, -0.2) is 9.18 Å². The maximum Gasteiger partial charge on any atom is 0.317 e. The number of rotatable bonds is 4. The number of benzene rings is 1. The van der Waals surface area contributed by atoms with Crippen LogP contribution in [0.4, 0.5) is 9.18 Å². The van der Waals surface area contributed by atoms with Gasteiger partial charge in [-0.3, -0.25) is 4.79 Å². The Bertz CT molecular complexity index is 516. The molecule has 1 aromatic carbocycles. The topological polar surface area (TPSA) is 52.7 Å². The number of piperazine rings is 1. The predicted octanol–water partition coefficient (Wildman–Crippen LogP) is 1.79. The largest absolute Gasteiger partial charge is 0.338 e. The Balaban J connectivity index is 1.75. The Hall–Kier alpha value is -1.76. The Morgan fingerprint density at radius 1 is 1.14 bits per heavy atom. The van der Waals surface area contributed by atoms with E-state index in [0.29, 0.717) is 38.5 Å². The summed E-state index contributed by atoms with van der Waals surface area (Å²) in [4.78, 5) is 28.2. The van der Waals surface area contributed by atoms with Crippen molar-refractivity contribution >= 4 is 23.7 Å². The third-order valence-electron chi connectivity index (χ3n) is 3.42. The van der Waals surface area contributed by atoms with Crippen molar-refractivity contribution in [3.63, 3.8) is 0 Å². The van der Waals surface area contributed by atoms with Crippen molar-refractivity contribution < 1.29 is 14.0 Å². The second kappa shape index (κ2) is 8.03. The van der Waals surface area contributed by atoms with Crippen LogP contribution in [0, 0.1) is 5.82 Å². The number of nitrogens with zero attached hydrogens (tertiary/aromatic N) is 2. The van der Waals surface area contributed by atoms with E-state index >= 15 is 0 Å². The van der Waals surface area contributed by atoms with Gasteiger partial charge in [0.05, 0.1) is 5.75 Å². The van der Waals surface area contributed by atoms with Crippen LogP contribution in [0.5, 0.6) is 0 Å². The molecule has 0 spiro atoms. The molecule has 1 aliphatic heterocycles. The highest BCUT2D eigenvalue weighted by Gasteiger charge is 2.23. The van der Waals surface area contributed by atoms with Crippen molar-refractivity contribution in [2.75, 3.05) is 38.5 Å². The molecule has 1 fully saturated rings. The molecule has 1 aliphatic rings. The summed E-state index contributed by atoms with van der Waals surface area (Å²) in [6.07, 6.45) is 0. The number of hydrogen-bond acceptors (Lipinski definition) is 3. The van der Waals surface area contributed by atoms with Crippen molar-refractivity contribution in [1.82, 2.24) is 15.1 Å². The molecule has 0 saturated carbocycles. The summed E-state index contributed by atoms with van der Waals surface area (Å²) in [5.74, 6) is 0.0919. The Morgan fingerprint density at radius 2 is 1.73 bits per heavy atom. The Kier molecular flexibility index (Phi) is 6.06. The molecular formula is C15H20FN3O2S. The summed E-state index contributed by atoms with van der Waals surface area (Å²) in [5.41, 5.74) is 0. The fraction of sp³-hybridized carbons (Fsp3) is 0.467. The average Bonchev–Trinajstić information content (AvgIpc) is 2.54. The lowest BCUT2D eigenvalue weighted by molar-refractivity contribution is -0.129. The van der Waals surface area contributed by atoms with Crippen molar-refractivity contribution in [1.29, 1.82) is 0 Å². The van der Waals surface area contributed by atoms with Gasteiger partial charge in [-0.15, -0.1) is 11.8 Å². The number of nitrogens with one attached hydrogen (secondary N) is 1. The van der Waals surface area contributed by atoms with Crippen LogP contribution >= 0.6 is 11.8 Å². The minimum absolute atomic E-state index is 0.0462. The highest BCUT2D eigenvalue weighted by molar-refractivity contribution is 8.00. The first-order valence-corrected chi connectivity index (χ1v) is 8.27. The van der Waals surface area contributed by atoms with Gasteiger partial charge in [0, 0.05) is 37.6 Å². The summed E-state index contributed by atoms with van der Waals surface area (Å²) in [5, 5.41) is 2.76. The molecule has 120 valence electrons. The van der Waals surface area contributed by atoms with Crippen molar-refractivity contribution in [3.05, 3.63) is 30.1 Å². The van der Waals surface area contributed by atoms with Crippen molar-refractivity contribution in [2.45, 2.75) is 11.8 Å². The fourth-order valence-electron chi connectivity index (χ4n) is 2.19. The molecule has 0 unspecified atom stereocenters. The number of carbonyl (C=O) groups excluding carboxylic acids is 2. The van der Waals surface area contributed by atoms with E-state index < -0.39 is 0 Å². The molecule has 7 heteroatoms. The standard InChI is InChI=1S/C15H20FN3O2S/c1-2-17-15(21)19-9-7-18(8-10-19)14(20)11-22-13-5-3-12(16)4-6-13/h3-6H,2,7-11H2,1H3,(H,17,21). The van der Waals surface area contributed by atoms with Crippen LogP contribution in [0.3, 0.4) is 0 Å². The van der Waals surface area contributed by atoms with Crippen LogP contribution in [0.15, 0.2) is 29.2 Å². The molecule has 3 amide bonds. The van der Waals surface area contributed by atoms with Crippen LogP contribution < -0.4 is 5.32 Å². The van der Waals surface area contributed by atoms with Crippen LogP contribution in [0.25, 0.3) is 0 Å². The first-order chi connectivity index (χ1) is 10.6. The van der Waals surface area contributed by atoms with E-state index in [0.717, 1.165) is 4.90 Å². The van der Waals surface area contributed by atoms with Crippen molar-refractivity contribution in [2.24, 2.45) is 0 Å². The summed E-state index contributed by atoms with van der Waals surface area (Å²) in [6, 6.07) is 6.03. The lowest BCUT2D eigenvalue weighted by Gasteiger charge is -2.34. The van der Waals surface area contributed by atoms with E-state index in [1.807, 2.05) is 6.92 Å². The number of thioether (sulfide) groups is 1. The van der Waals surface area contributed by atoms with Gasteiger partial charge in [0.1, 0.15) is 5.82 Å². The molecule has 1 N–H and O–H groups in total. The first-order valence-electron chi connectivity index (χ1n) is 7.29. The van der Waals surface area contributed by atoms with Gasteiger partial charge in [0.25, 0.3) is 0 Å². The zero-order valence-corrected chi connectivity index (χ0v) is 13.4. The van der Waals surface area contributed by atoms with Crippen LogP contribution in [0.1, 0.15) is 6.92 Å². The molecular weight excluding hydrogens is 305 g/mol. The van der Waals surface area contributed by atoms with E-state index in [1.54, 1.807) is 21.9 Å². The van der Waals surface area contributed by atoms with Crippen LogP contribution in [0.2, 0.25) is 0 Å². The zero-order valence-electron chi connectivity index (χ0n) is 12.5. The minimum atomic E-state index is -0.280. The van der Waals surface area contributed by atoms with E-state index in [9.17, 15) is 14.0 Å². The quantitative estimate of drug-likeness (QED) is 0.859. The molecule has 0 aliphatic carbocycles. The number of carbonyl (C=O) groups is 2. The smallest absolute Gasteiger partial charge is 0.317 e. The molecule has 22 heavy (non-hydrogen) atoms.